The lowest BCUT2D eigenvalue weighted by Crippen LogP contribution is -2.41. The van der Waals surface area contributed by atoms with Crippen molar-refractivity contribution in [2.24, 2.45) is 0 Å². The summed E-state index contributed by atoms with van der Waals surface area (Å²) in [7, 11) is 0. The van der Waals surface area contributed by atoms with Crippen LogP contribution in [0.15, 0.2) is 54.6 Å². The molecule has 2 rings (SSSR count). The quantitative estimate of drug-likeness (QED) is 0.896. The van der Waals surface area contributed by atoms with E-state index in [0.29, 0.717) is 0 Å². The number of hydrogen-bond donors (Lipinski definition) is 1. The van der Waals surface area contributed by atoms with Gasteiger partial charge in [0.05, 0.1) is 11.5 Å². The second-order valence-corrected chi connectivity index (χ2v) is 6.10. The van der Waals surface area contributed by atoms with Gasteiger partial charge in [0, 0.05) is 0 Å². The van der Waals surface area contributed by atoms with Crippen molar-refractivity contribution in [3.63, 3.8) is 0 Å². The van der Waals surface area contributed by atoms with Gasteiger partial charge < -0.3 is 5.32 Å². The third kappa shape index (κ3) is 3.52. The van der Waals surface area contributed by atoms with E-state index in [2.05, 4.69) is 5.32 Å². The van der Waals surface area contributed by atoms with Gasteiger partial charge in [-0.1, -0.05) is 60.2 Å². The minimum absolute atomic E-state index is 0.00317. The monoisotopic (exact) mass is 281 g/mol. The van der Waals surface area contributed by atoms with Crippen molar-refractivity contribution in [3.05, 3.63) is 71.3 Å². The van der Waals surface area contributed by atoms with Crippen LogP contribution in [0.1, 0.15) is 43.5 Å². The number of nitrogens with one attached hydrogen (secondary N) is 1. The Kier molecular flexibility index (Phi) is 4.46. The van der Waals surface area contributed by atoms with Gasteiger partial charge in [-0.25, -0.2) is 0 Å². The van der Waals surface area contributed by atoms with Crippen LogP contribution in [0.3, 0.4) is 0 Å². The van der Waals surface area contributed by atoms with Crippen LogP contribution < -0.4 is 5.32 Å². The molecule has 0 aliphatic rings. The largest absolute Gasteiger partial charge is 0.349 e. The summed E-state index contributed by atoms with van der Waals surface area (Å²) in [6.45, 7) is 7.99. The third-order valence-corrected chi connectivity index (χ3v) is 3.99. The van der Waals surface area contributed by atoms with Crippen molar-refractivity contribution < 1.29 is 4.79 Å². The van der Waals surface area contributed by atoms with Gasteiger partial charge in [0.15, 0.2) is 0 Å². The molecule has 0 aromatic heterocycles. The van der Waals surface area contributed by atoms with E-state index in [4.69, 9.17) is 0 Å². The third-order valence-electron chi connectivity index (χ3n) is 3.99. The Balaban J connectivity index is 2.13. The Morgan fingerprint density at radius 3 is 2.14 bits per heavy atom. The molecule has 2 heteroatoms. The first-order valence-corrected chi connectivity index (χ1v) is 7.34. The summed E-state index contributed by atoms with van der Waals surface area (Å²) in [6, 6.07) is 18.2. The molecular weight excluding hydrogens is 258 g/mol. The van der Waals surface area contributed by atoms with Crippen molar-refractivity contribution in [2.75, 3.05) is 0 Å². The normalized spacial score (nSPS) is 12.8. The Labute approximate surface area is 127 Å². The number of benzene rings is 2. The van der Waals surface area contributed by atoms with Crippen molar-refractivity contribution >= 4 is 5.91 Å². The van der Waals surface area contributed by atoms with Gasteiger partial charge >= 0.3 is 0 Å². The topological polar surface area (TPSA) is 29.1 Å². The number of amides is 1. The second kappa shape index (κ2) is 6.13. The van der Waals surface area contributed by atoms with E-state index in [1.807, 2.05) is 82.3 Å². The molecule has 1 amide bonds. The van der Waals surface area contributed by atoms with E-state index in [1.54, 1.807) is 0 Å². The van der Waals surface area contributed by atoms with Gasteiger partial charge in [0.1, 0.15) is 0 Å². The van der Waals surface area contributed by atoms with E-state index in [1.165, 1.54) is 5.56 Å². The highest BCUT2D eigenvalue weighted by Crippen LogP contribution is 2.25. The van der Waals surface area contributed by atoms with Gasteiger partial charge in [-0.3, -0.25) is 4.79 Å². The Hall–Kier alpha value is -2.09. The van der Waals surface area contributed by atoms with Crippen LogP contribution in [0.25, 0.3) is 0 Å². The fourth-order valence-corrected chi connectivity index (χ4v) is 2.30. The average Bonchev–Trinajstić information content (AvgIpc) is 2.48. The molecule has 110 valence electrons. The van der Waals surface area contributed by atoms with Crippen LogP contribution >= 0.6 is 0 Å². The zero-order valence-electron chi connectivity index (χ0n) is 13.2. The number of aryl methyl sites for hydroxylation is 1. The highest BCUT2D eigenvalue weighted by atomic mass is 16.2. The number of carbonyl (C=O) groups excluding carboxylic acids is 1. The lowest BCUT2D eigenvalue weighted by atomic mass is 9.83. The molecule has 0 bridgehead atoms. The molecule has 1 atom stereocenters. The minimum atomic E-state index is -0.545. The van der Waals surface area contributed by atoms with E-state index >= 15 is 0 Å². The van der Waals surface area contributed by atoms with E-state index in [-0.39, 0.29) is 11.9 Å². The first kappa shape index (κ1) is 15.3. The molecule has 0 fully saturated rings. The summed E-state index contributed by atoms with van der Waals surface area (Å²) in [4.78, 5) is 12.6. The maximum Gasteiger partial charge on any atom is 0.230 e. The highest BCUT2D eigenvalue weighted by Gasteiger charge is 2.30. The zero-order valence-corrected chi connectivity index (χ0v) is 13.2. The van der Waals surface area contributed by atoms with Crippen molar-refractivity contribution in [3.8, 4) is 0 Å². The number of rotatable bonds is 4. The average molecular weight is 281 g/mol. The summed E-state index contributed by atoms with van der Waals surface area (Å²) in [5.74, 6) is 0.0442. The van der Waals surface area contributed by atoms with Crippen molar-refractivity contribution in [2.45, 2.75) is 39.2 Å². The van der Waals surface area contributed by atoms with Crippen LogP contribution in [-0.4, -0.2) is 5.91 Å². The molecular formula is C19H23NO. The van der Waals surface area contributed by atoms with E-state index in [0.717, 1.165) is 11.1 Å². The minimum Gasteiger partial charge on any atom is -0.349 e. The molecule has 1 N–H and O–H groups in total. The fraction of sp³-hybridized carbons (Fsp3) is 0.316. The molecule has 0 saturated carbocycles. The summed E-state index contributed by atoms with van der Waals surface area (Å²) >= 11 is 0. The lowest BCUT2D eigenvalue weighted by molar-refractivity contribution is -0.126. The molecule has 2 aromatic rings. The fourth-order valence-electron chi connectivity index (χ4n) is 2.30. The predicted molar refractivity (Wildman–Crippen MR) is 87.2 cm³/mol. The molecule has 0 heterocycles. The molecule has 0 aliphatic heterocycles. The van der Waals surface area contributed by atoms with Crippen LogP contribution in [0.5, 0.6) is 0 Å². The van der Waals surface area contributed by atoms with E-state index < -0.39 is 5.41 Å². The number of carbonyl (C=O) groups is 1. The van der Waals surface area contributed by atoms with Gasteiger partial charge in [-0.2, -0.15) is 0 Å². The van der Waals surface area contributed by atoms with Crippen LogP contribution in [0, 0.1) is 6.92 Å². The standard InChI is InChI=1S/C19H23NO/c1-14-10-12-17(13-11-14)19(3,4)18(21)20-15(2)16-8-6-5-7-9-16/h5-13,15H,1-4H3,(H,20,21). The number of hydrogen-bond acceptors (Lipinski definition) is 1. The second-order valence-electron chi connectivity index (χ2n) is 6.10. The van der Waals surface area contributed by atoms with E-state index in [9.17, 15) is 4.79 Å². The lowest BCUT2D eigenvalue weighted by Gasteiger charge is -2.27. The van der Waals surface area contributed by atoms with Crippen LogP contribution in [0.4, 0.5) is 0 Å². The molecule has 0 aliphatic carbocycles. The van der Waals surface area contributed by atoms with Gasteiger partial charge in [0.2, 0.25) is 5.91 Å². The summed E-state index contributed by atoms with van der Waals surface area (Å²) < 4.78 is 0. The molecule has 0 saturated heterocycles. The Morgan fingerprint density at radius 2 is 1.57 bits per heavy atom. The summed E-state index contributed by atoms with van der Waals surface area (Å²) in [5, 5.41) is 3.11. The molecule has 2 nitrogen and oxygen atoms in total. The van der Waals surface area contributed by atoms with Crippen molar-refractivity contribution in [1.29, 1.82) is 0 Å². The SMILES string of the molecule is Cc1ccc(C(C)(C)C(=O)NC(C)c2ccccc2)cc1. The Morgan fingerprint density at radius 1 is 1.00 bits per heavy atom. The van der Waals surface area contributed by atoms with Crippen molar-refractivity contribution in [1.82, 2.24) is 5.32 Å². The molecule has 1 unspecified atom stereocenters. The van der Waals surface area contributed by atoms with Crippen LogP contribution in [-0.2, 0) is 10.2 Å². The first-order valence-electron chi connectivity index (χ1n) is 7.34. The van der Waals surface area contributed by atoms with Gasteiger partial charge in [0.25, 0.3) is 0 Å². The molecule has 0 spiro atoms. The first-order chi connectivity index (χ1) is 9.91. The molecule has 0 radical (unpaired) electrons. The maximum atomic E-state index is 12.6. The zero-order chi connectivity index (χ0) is 15.5. The summed E-state index contributed by atoms with van der Waals surface area (Å²) in [6.07, 6.45) is 0. The summed E-state index contributed by atoms with van der Waals surface area (Å²) in [5.41, 5.74) is 2.81. The highest BCUT2D eigenvalue weighted by molar-refractivity contribution is 5.87. The smallest absolute Gasteiger partial charge is 0.230 e. The van der Waals surface area contributed by atoms with Gasteiger partial charge in [-0.15, -0.1) is 0 Å². The van der Waals surface area contributed by atoms with Crippen LogP contribution in [0.2, 0.25) is 0 Å². The Bertz CT molecular complexity index is 599. The molecule has 2 aromatic carbocycles. The predicted octanol–water partition coefficient (Wildman–Crippen LogP) is 4.15. The molecule has 21 heavy (non-hydrogen) atoms. The maximum absolute atomic E-state index is 12.6. The van der Waals surface area contributed by atoms with Gasteiger partial charge in [-0.05, 0) is 38.8 Å².